The number of ether oxygens (including phenoxy) is 4. The third-order valence-corrected chi connectivity index (χ3v) is 3.89. The fourth-order valence-corrected chi connectivity index (χ4v) is 2.38. The van der Waals surface area contributed by atoms with Gasteiger partial charge in [0.1, 0.15) is 5.75 Å². The van der Waals surface area contributed by atoms with E-state index in [9.17, 15) is 9.59 Å². The standard InChI is InChI=1S/C20H20N2O7/c1-13(20(24)22-15-5-8-17-18(9-15)27-12-26-17)29-19(23)11-28-21-10-14-3-6-16(25-2)7-4-14/h3-10,13H,11-12H2,1-2H3,(H,22,24)/b21-10-/t13-/m0/s1. The maximum atomic E-state index is 12.2. The van der Waals surface area contributed by atoms with Crippen LogP contribution in [0.5, 0.6) is 17.2 Å². The van der Waals surface area contributed by atoms with Gasteiger partial charge in [0.25, 0.3) is 5.91 Å². The summed E-state index contributed by atoms with van der Waals surface area (Å²) >= 11 is 0. The first-order valence-electron chi connectivity index (χ1n) is 8.74. The van der Waals surface area contributed by atoms with Gasteiger partial charge in [0.15, 0.2) is 17.6 Å². The number of oxime groups is 1. The molecule has 29 heavy (non-hydrogen) atoms. The lowest BCUT2D eigenvalue weighted by atomic mass is 10.2. The first kappa shape index (κ1) is 20.0. The summed E-state index contributed by atoms with van der Waals surface area (Å²) in [5, 5.41) is 6.34. The summed E-state index contributed by atoms with van der Waals surface area (Å²) in [6, 6.07) is 12.1. The number of esters is 1. The molecule has 1 atom stereocenters. The maximum absolute atomic E-state index is 12.2. The molecule has 0 saturated carbocycles. The monoisotopic (exact) mass is 400 g/mol. The zero-order chi connectivity index (χ0) is 20.6. The Bertz CT molecular complexity index is 896. The molecule has 0 radical (unpaired) electrons. The third kappa shape index (κ3) is 5.61. The van der Waals surface area contributed by atoms with Crippen LogP contribution in [-0.4, -0.2) is 44.7 Å². The van der Waals surface area contributed by atoms with E-state index in [2.05, 4.69) is 10.5 Å². The van der Waals surface area contributed by atoms with Gasteiger partial charge in [-0.25, -0.2) is 4.79 Å². The second kappa shape index (κ2) is 9.45. The van der Waals surface area contributed by atoms with Gasteiger partial charge in [-0.05, 0) is 48.9 Å². The summed E-state index contributed by atoms with van der Waals surface area (Å²) in [6.45, 7) is 1.18. The smallest absolute Gasteiger partial charge is 0.347 e. The normalized spacial score (nSPS) is 13.0. The minimum Gasteiger partial charge on any atom is -0.497 e. The summed E-state index contributed by atoms with van der Waals surface area (Å²) in [4.78, 5) is 28.9. The Balaban J connectivity index is 1.41. The van der Waals surface area contributed by atoms with E-state index >= 15 is 0 Å². The average molecular weight is 400 g/mol. The molecule has 0 unspecified atom stereocenters. The highest BCUT2D eigenvalue weighted by atomic mass is 16.7. The van der Waals surface area contributed by atoms with E-state index in [4.69, 9.17) is 23.8 Å². The minimum atomic E-state index is -1.01. The van der Waals surface area contributed by atoms with Crippen LogP contribution in [0.3, 0.4) is 0 Å². The van der Waals surface area contributed by atoms with E-state index < -0.39 is 24.6 Å². The number of nitrogens with one attached hydrogen (secondary N) is 1. The van der Waals surface area contributed by atoms with Crippen LogP contribution in [0, 0.1) is 0 Å². The molecule has 0 spiro atoms. The number of hydrogen-bond acceptors (Lipinski definition) is 8. The van der Waals surface area contributed by atoms with Crippen LogP contribution >= 0.6 is 0 Å². The molecule has 0 saturated heterocycles. The number of rotatable bonds is 8. The Morgan fingerprint density at radius 1 is 1.17 bits per heavy atom. The molecule has 0 fully saturated rings. The summed E-state index contributed by atoms with van der Waals surface area (Å²) in [6.07, 6.45) is 0.435. The molecule has 9 nitrogen and oxygen atoms in total. The van der Waals surface area contributed by atoms with E-state index in [1.165, 1.54) is 13.1 Å². The number of methoxy groups -OCH3 is 1. The minimum absolute atomic E-state index is 0.141. The zero-order valence-corrected chi connectivity index (χ0v) is 15.9. The van der Waals surface area contributed by atoms with Gasteiger partial charge in [-0.2, -0.15) is 0 Å². The predicted octanol–water partition coefficient (Wildman–Crippen LogP) is 2.34. The fourth-order valence-electron chi connectivity index (χ4n) is 2.38. The van der Waals surface area contributed by atoms with Crippen molar-refractivity contribution in [3.8, 4) is 17.2 Å². The Labute approximate surface area is 167 Å². The molecule has 0 aliphatic carbocycles. The molecule has 152 valence electrons. The van der Waals surface area contributed by atoms with Gasteiger partial charge >= 0.3 is 5.97 Å². The number of anilines is 1. The molecule has 2 aromatic carbocycles. The number of amides is 1. The molecule has 9 heteroatoms. The molecule has 0 bridgehead atoms. The highest BCUT2D eigenvalue weighted by molar-refractivity contribution is 5.95. The van der Waals surface area contributed by atoms with E-state index in [0.717, 1.165) is 11.3 Å². The van der Waals surface area contributed by atoms with Crippen LogP contribution in [0.4, 0.5) is 5.69 Å². The van der Waals surface area contributed by atoms with E-state index in [1.807, 2.05) is 0 Å². The molecule has 3 rings (SSSR count). The Morgan fingerprint density at radius 2 is 1.93 bits per heavy atom. The lowest BCUT2D eigenvalue weighted by Crippen LogP contribution is -2.31. The van der Waals surface area contributed by atoms with E-state index in [1.54, 1.807) is 49.6 Å². The van der Waals surface area contributed by atoms with Gasteiger partial charge in [-0.1, -0.05) is 5.16 Å². The Morgan fingerprint density at radius 3 is 2.69 bits per heavy atom. The van der Waals surface area contributed by atoms with E-state index in [-0.39, 0.29) is 6.79 Å². The Hall–Kier alpha value is -3.75. The second-order valence-corrected chi connectivity index (χ2v) is 5.97. The number of benzene rings is 2. The first-order valence-corrected chi connectivity index (χ1v) is 8.74. The molecule has 1 amide bonds. The lowest BCUT2D eigenvalue weighted by Gasteiger charge is -2.13. The van der Waals surface area contributed by atoms with E-state index in [0.29, 0.717) is 17.2 Å². The van der Waals surface area contributed by atoms with Crippen molar-refractivity contribution in [2.45, 2.75) is 13.0 Å². The number of fused-ring (bicyclic) bond motifs is 1. The van der Waals surface area contributed by atoms with Crippen molar-refractivity contribution in [1.82, 2.24) is 0 Å². The maximum Gasteiger partial charge on any atom is 0.347 e. The SMILES string of the molecule is COc1ccc(/C=N\OCC(=O)O[C@@H](C)C(=O)Nc2ccc3c(c2)OCO3)cc1. The van der Waals surface area contributed by atoms with Gasteiger partial charge < -0.3 is 29.1 Å². The fraction of sp³-hybridized carbons (Fsp3) is 0.250. The Kier molecular flexibility index (Phi) is 6.51. The molecule has 1 heterocycles. The summed E-state index contributed by atoms with van der Waals surface area (Å²) < 4.78 is 20.6. The zero-order valence-electron chi connectivity index (χ0n) is 15.9. The number of carbonyl (C=O) groups is 2. The van der Waals surface area contributed by atoms with Crippen molar-refractivity contribution in [3.63, 3.8) is 0 Å². The molecule has 2 aromatic rings. The summed E-state index contributed by atoms with van der Waals surface area (Å²) in [5.74, 6) is 0.661. The predicted molar refractivity (Wildman–Crippen MR) is 103 cm³/mol. The average Bonchev–Trinajstić information content (AvgIpc) is 3.19. The van der Waals surface area contributed by atoms with Crippen LogP contribution in [0.2, 0.25) is 0 Å². The number of carbonyl (C=O) groups excluding carboxylic acids is 2. The van der Waals surface area contributed by atoms with Crippen molar-refractivity contribution >= 4 is 23.8 Å². The lowest BCUT2D eigenvalue weighted by molar-refractivity contribution is -0.157. The van der Waals surface area contributed by atoms with Gasteiger partial charge in [-0.3, -0.25) is 4.79 Å². The van der Waals surface area contributed by atoms with Gasteiger partial charge in [-0.15, -0.1) is 0 Å². The molecular formula is C20H20N2O7. The van der Waals surface area contributed by atoms with Gasteiger partial charge in [0, 0.05) is 11.8 Å². The quantitative estimate of drug-likeness (QED) is 0.412. The molecule has 1 aliphatic heterocycles. The molecular weight excluding hydrogens is 380 g/mol. The van der Waals surface area contributed by atoms with Crippen LogP contribution in [0.1, 0.15) is 12.5 Å². The van der Waals surface area contributed by atoms with Gasteiger partial charge in [0.05, 0.1) is 13.3 Å². The number of hydrogen-bond donors (Lipinski definition) is 1. The third-order valence-electron chi connectivity index (χ3n) is 3.89. The summed E-state index contributed by atoms with van der Waals surface area (Å²) in [7, 11) is 1.58. The van der Waals surface area contributed by atoms with Crippen molar-refractivity contribution in [1.29, 1.82) is 0 Å². The van der Waals surface area contributed by atoms with Crippen molar-refractivity contribution in [2.24, 2.45) is 5.16 Å². The van der Waals surface area contributed by atoms with Crippen molar-refractivity contribution < 1.29 is 33.4 Å². The summed E-state index contributed by atoms with van der Waals surface area (Å²) in [5.41, 5.74) is 1.28. The molecule has 1 aliphatic rings. The first-order chi connectivity index (χ1) is 14.0. The molecule has 1 N–H and O–H groups in total. The topological polar surface area (TPSA) is 105 Å². The van der Waals surface area contributed by atoms with Gasteiger partial charge in [0.2, 0.25) is 13.4 Å². The van der Waals surface area contributed by atoms with Crippen LogP contribution in [0.15, 0.2) is 47.6 Å². The highest BCUT2D eigenvalue weighted by Crippen LogP contribution is 2.34. The largest absolute Gasteiger partial charge is 0.497 e. The number of nitrogens with zero attached hydrogens (tertiary/aromatic N) is 1. The second-order valence-electron chi connectivity index (χ2n) is 5.97. The van der Waals surface area contributed by atoms with Crippen LogP contribution in [-0.2, 0) is 19.2 Å². The highest BCUT2D eigenvalue weighted by Gasteiger charge is 2.20. The molecule has 0 aromatic heterocycles. The van der Waals surface area contributed by atoms with Crippen LogP contribution in [0.25, 0.3) is 0 Å². The van der Waals surface area contributed by atoms with Crippen molar-refractivity contribution in [3.05, 3.63) is 48.0 Å². The van der Waals surface area contributed by atoms with Crippen molar-refractivity contribution in [2.75, 3.05) is 25.8 Å². The van der Waals surface area contributed by atoms with Crippen LogP contribution < -0.4 is 19.5 Å².